The van der Waals surface area contributed by atoms with Crippen molar-refractivity contribution >= 4 is 23.4 Å². The molecule has 0 spiro atoms. The number of alkyl halides is 3. The van der Waals surface area contributed by atoms with E-state index in [1.54, 1.807) is 0 Å². The first-order valence-electron chi connectivity index (χ1n) is 8.25. The SMILES string of the molecule is O=C(CCN1C(=O)[C@H]2CC=CC[C@H]2C1=O)Nc1ccccc1C(F)(F)F. The van der Waals surface area contributed by atoms with E-state index in [2.05, 4.69) is 5.32 Å². The van der Waals surface area contributed by atoms with Gasteiger partial charge in [-0.05, 0) is 25.0 Å². The maximum absolute atomic E-state index is 12.9. The third-order valence-corrected chi connectivity index (χ3v) is 4.67. The van der Waals surface area contributed by atoms with Crippen LogP contribution in [0, 0.1) is 11.8 Å². The van der Waals surface area contributed by atoms with Gasteiger partial charge in [0.25, 0.3) is 0 Å². The summed E-state index contributed by atoms with van der Waals surface area (Å²) in [5, 5.41) is 2.21. The molecule has 0 aromatic heterocycles. The molecule has 1 saturated heterocycles. The zero-order valence-corrected chi connectivity index (χ0v) is 13.8. The molecule has 2 atom stereocenters. The molecular weight excluding hydrogens is 349 g/mol. The smallest absolute Gasteiger partial charge is 0.325 e. The first kappa shape index (κ1) is 18.2. The van der Waals surface area contributed by atoms with Crippen LogP contribution < -0.4 is 5.32 Å². The highest BCUT2D eigenvalue weighted by Gasteiger charge is 2.46. The minimum Gasteiger partial charge on any atom is -0.325 e. The normalized spacial score (nSPS) is 22.5. The number of carbonyl (C=O) groups excluding carboxylic acids is 3. The van der Waals surface area contributed by atoms with Gasteiger partial charge in [0.1, 0.15) is 0 Å². The lowest BCUT2D eigenvalue weighted by Gasteiger charge is -2.16. The average molecular weight is 366 g/mol. The zero-order valence-electron chi connectivity index (χ0n) is 13.8. The van der Waals surface area contributed by atoms with Gasteiger partial charge in [0.2, 0.25) is 17.7 Å². The number of likely N-dealkylation sites (tertiary alicyclic amines) is 1. The van der Waals surface area contributed by atoms with E-state index in [4.69, 9.17) is 0 Å². The van der Waals surface area contributed by atoms with Crippen molar-refractivity contribution in [1.29, 1.82) is 0 Å². The Balaban J connectivity index is 1.62. The number of hydrogen-bond donors (Lipinski definition) is 1. The Morgan fingerprint density at radius 2 is 1.65 bits per heavy atom. The number of hydrogen-bond acceptors (Lipinski definition) is 3. The number of anilines is 1. The van der Waals surface area contributed by atoms with E-state index in [0.717, 1.165) is 17.0 Å². The van der Waals surface area contributed by atoms with Gasteiger partial charge in [-0.3, -0.25) is 19.3 Å². The highest BCUT2D eigenvalue weighted by Crippen LogP contribution is 2.36. The summed E-state index contributed by atoms with van der Waals surface area (Å²) < 4.78 is 38.8. The molecule has 1 aliphatic carbocycles. The van der Waals surface area contributed by atoms with Gasteiger partial charge in [-0.15, -0.1) is 0 Å². The monoisotopic (exact) mass is 366 g/mol. The third-order valence-electron chi connectivity index (χ3n) is 4.67. The van der Waals surface area contributed by atoms with Crippen LogP contribution in [0.4, 0.5) is 18.9 Å². The first-order chi connectivity index (χ1) is 12.3. The van der Waals surface area contributed by atoms with E-state index in [1.807, 2.05) is 12.2 Å². The van der Waals surface area contributed by atoms with Crippen molar-refractivity contribution in [2.45, 2.75) is 25.4 Å². The number of para-hydroxylation sites is 1. The molecule has 1 aromatic rings. The van der Waals surface area contributed by atoms with Crippen LogP contribution in [-0.4, -0.2) is 29.2 Å². The summed E-state index contributed by atoms with van der Waals surface area (Å²) in [7, 11) is 0. The molecule has 3 rings (SSSR count). The van der Waals surface area contributed by atoms with Gasteiger partial charge in [0.15, 0.2) is 0 Å². The van der Waals surface area contributed by atoms with E-state index in [-0.39, 0.29) is 42.3 Å². The molecule has 1 N–H and O–H groups in total. The second-order valence-electron chi connectivity index (χ2n) is 6.33. The minimum absolute atomic E-state index is 0.134. The Morgan fingerprint density at radius 3 is 2.23 bits per heavy atom. The Hall–Kier alpha value is -2.64. The van der Waals surface area contributed by atoms with E-state index in [1.165, 1.54) is 12.1 Å². The summed E-state index contributed by atoms with van der Waals surface area (Å²) in [5.41, 5.74) is -1.29. The first-order valence-corrected chi connectivity index (χ1v) is 8.25. The molecule has 0 saturated carbocycles. The van der Waals surface area contributed by atoms with Crippen molar-refractivity contribution in [2.75, 3.05) is 11.9 Å². The van der Waals surface area contributed by atoms with Crippen molar-refractivity contribution in [3.8, 4) is 0 Å². The number of halogens is 3. The van der Waals surface area contributed by atoms with Gasteiger partial charge in [0.05, 0.1) is 23.1 Å². The molecule has 138 valence electrons. The lowest BCUT2D eigenvalue weighted by atomic mass is 9.85. The van der Waals surface area contributed by atoms with Gasteiger partial charge >= 0.3 is 6.18 Å². The molecule has 8 heteroatoms. The molecule has 1 aromatic carbocycles. The topological polar surface area (TPSA) is 66.5 Å². The van der Waals surface area contributed by atoms with Crippen LogP contribution in [0.25, 0.3) is 0 Å². The second kappa shape index (κ2) is 6.93. The van der Waals surface area contributed by atoms with E-state index >= 15 is 0 Å². The molecule has 1 aliphatic heterocycles. The minimum atomic E-state index is -4.59. The van der Waals surface area contributed by atoms with Gasteiger partial charge in [-0.2, -0.15) is 13.2 Å². The largest absolute Gasteiger partial charge is 0.418 e. The molecule has 1 heterocycles. The molecule has 3 amide bonds. The van der Waals surface area contributed by atoms with Crippen molar-refractivity contribution in [3.05, 3.63) is 42.0 Å². The zero-order chi connectivity index (χ0) is 18.9. The fourth-order valence-electron chi connectivity index (χ4n) is 3.35. The second-order valence-corrected chi connectivity index (χ2v) is 6.33. The van der Waals surface area contributed by atoms with E-state index in [9.17, 15) is 27.6 Å². The molecule has 5 nitrogen and oxygen atoms in total. The number of rotatable bonds is 4. The Morgan fingerprint density at radius 1 is 1.08 bits per heavy atom. The Bertz CT molecular complexity index is 747. The Labute approximate surface area is 147 Å². The summed E-state index contributed by atoms with van der Waals surface area (Å²) in [4.78, 5) is 37.7. The number of amides is 3. The number of imide groups is 1. The van der Waals surface area contributed by atoms with E-state index < -0.39 is 17.6 Å². The quantitative estimate of drug-likeness (QED) is 0.658. The molecule has 2 aliphatic rings. The van der Waals surface area contributed by atoms with Gasteiger partial charge < -0.3 is 5.32 Å². The number of fused-ring (bicyclic) bond motifs is 1. The lowest BCUT2D eigenvalue weighted by Crippen LogP contribution is -2.34. The van der Waals surface area contributed by atoms with Gasteiger partial charge in [-0.1, -0.05) is 24.3 Å². The molecule has 1 fully saturated rings. The standard InChI is InChI=1S/C18H17F3N2O3/c19-18(20,21)13-7-3-4-8-14(13)22-15(24)9-10-23-16(25)11-5-1-2-6-12(11)17(23)26/h1-4,7-8,11-12H,5-6,9-10H2,(H,22,24)/t11-,12+. The third kappa shape index (κ3) is 3.49. The predicted octanol–water partition coefficient (Wildman–Crippen LogP) is 2.99. The van der Waals surface area contributed by atoms with Crippen LogP contribution in [0.5, 0.6) is 0 Å². The maximum Gasteiger partial charge on any atom is 0.418 e. The van der Waals surface area contributed by atoms with Crippen LogP contribution >= 0.6 is 0 Å². The van der Waals surface area contributed by atoms with E-state index in [0.29, 0.717) is 12.8 Å². The van der Waals surface area contributed by atoms with Crippen LogP contribution in [-0.2, 0) is 20.6 Å². The summed E-state index contributed by atoms with van der Waals surface area (Å²) in [5.74, 6) is -2.08. The average Bonchev–Trinajstić information content (AvgIpc) is 2.84. The van der Waals surface area contributed by atoms with Crippen molar-refractivity contribution in [1.82, 2.24) is 4.90 Å². The van der Waals surface area contributed by atoms with Gasteiger partial charge in [-0.25, -0.2) is 0 Å². The highest BCUT2D eigenvalue weighted by molar-refractivity contribution is 6.05. The van der Waals surface area contributed by atoms with Gasteiger partial charge in [0, 0.05) is 13.0 Å². The summed E-state index contributed by atoms with van der Waals surface area (Å²) in [6.07, 6.45) is -0.134. The number of allylic oxidation sites excluding steroid dienone is 2. The summed E-state index contributed by atoms with van der Waals surface area (Å²) in [6.45, 7) is -0.134. The van der Waals surface area contributed by atoms with Crippen LogP contribution in [0.1, 0.15) is 24.8 Å². The van der Waals surface area contributed by atoms with Crippen LogP contribution in [0.2, 0.25) is 0 Å². The molecule has 0 unspecified atom stereocenters. The van der Waals surface area contributed by atoms with Crippen molar-refractivity contribution in [3.63, 3.8) is 0 Å². The Kier molecular flexibility index (Phi) is 4.84. The molecule has 0 bridgehead atoms. The summed E-state index contributed by atoms with van der Waals surface area (Å²) >= 11 is 0. The molecule has 0 radical (unpaired) electrons. The number of carbonyl (C=O) groups is 3. The van der Waals surface area contributed by atoms with Crippen molar-refractivity contribution < 1.29 is 27.6 Å². The van der Waals surface area contributed by atoms with Crippen LogP contribution in [0.15, 0.2) is 36.4 Å². The number of nitrogens with zero attached hydrogens (tertiary/aromatic N) is 1. The molecule has 26 heavy (non-hydrogen) atoms. The highest BCUT2D eigenvalue weighted by atomic mass is 19.4. The number of nitrogens with one attached hydrogen (secondary N) is 1. The molecular formula is C18H17F3N2O3. The van der Waals surface area contributed by atoms with Crippen LogP contribution in [0.3, 0.4) is 0 Å². The maximum atomic E-state index is 12.9. The lowest BCUT2D eigenvalue weighted by molar-refractivity contribution is -0.140. The predicted molar refractivity (Wildman–Crippen MR) is 86.8 cm³/mol. The fraction of sp³-hybridized carbons (Fsp3) is 0.389. The fourth-order valence-corrected chi connectivity index (χ4v) is 3.35. The number of benzene rings is 1. The van der Waals surface area contributed by atoms with Crippen molar-refractivity contribution in [2.24, 2.45) is 11.8 Å². The summed E-state index contributed by atoms with van der Waals surface area (Å²) in [6, 6.07) is 4.65.